The summed E-state index contributed by atoms with van der Waals surface area (Å²) in [4.78, 5) is 2.30. The normalized spacial score (nSPS) is 19.3. The molecule has 23 heavy (non-hydrogen) atoms. The third-order valence-corrected chi connectivity index (χ3v) is 5.44. The maximum atomic E-state index is 11.8. The summed E-state index contributed by atoms with van der Waals surface area (Å²) in [5, 5.41) is 0. The van der Waals surface area contributed by atoms with E-state index in [0.717, 1.165) is 38.0 Å². The quantitative estimate of drug-likeness (QED) is 0.821. The lowest BCUT2D eigenvalue weighted by Crippen LogP contribution is -2.43. The Bertz CT molecular complexity index is 647. The van der Waals surface area contributed by atoms with Crippen LogP contribution in [0.25, 0.3) is 0 Å². The van der Waals surface area contributed by atoms with Crippen molar-refractivity contribution >= 4 is 10.2 Å². The third-order valence-electron chi connectivity index (χ3n) is 3.95. The lowest BCUT2D eigenvalue weighted by molar-refractivity contribution is 0.194. The zero-order valence-corrected chi connectivity index (χ0v) is 14.6. The van der Waals surface area contributed by atoms with E-state index >= 15 is 0 Å². The van der Waals surface area contributed by atoms with E-state index in [1.54, 1.807) is 0 Å². The Labute approximate surface area is 139 Å². The first kappa shape index (κ1) is 18.0. The third kappa shape index (κ3) is 5.96. The summed E-state index contributed by atoms with van der Waals surface area (Å²) in [6.45, 7) is 3.13. The van der Waals surface area contributed by atoms with Crippen molar-refractivity contribution in [2.24, 2.45) is 5.92 Å². The highest BCUT2D eigenvalue weighted by Crippen LogP contribution is 2.15. The number of likely N-dealkylation sites (tertiary alicyclic amines) is 1. The molecule has 1 saturated heterocycles. The van der Waals surface area contributed by atoms with Crippen LogP contribution < -0.4 is 4.72 Å². The summed E-state index contributed by atoms with van der Waals surface area (Å²) in [6, 6.07) is 9.95. The van der Waals surface area contributed by atoms with Gasteiger partial charge in [0.05, 0.1) is 6.54 Å². The van der Waals surface area contributed by atoms with Crippen molar-refractivity contribution in [1.29, 1.82) is 0 Å². The van der Waals surface area contributed by atoms with Gasteiger partial charge in [-0.15, -0.1) is 0 Å². The van der Waals surface area contributed by atoms with Crippen molar-refractivity contribution < 1.29 is 8.42 Å². The molecule has 1 fully saturated rings. The minimum absolute atomic E-state index is 0.344. The average molecular weight is 335 g/mol. The van der Waals surface area contributed by atoms with Crippen LogP contribution in [0.1, 0.15) is 18.4 Å². The minimum atomic E-state index is -3.33. The van der Waals surface area contributed by atoms with Crippen molar-refractivity contribution in [3.63, 3.8) is 0 Å². The van der Waals surface area contributed by atoms with Gasteiger partial charge in [0.2, 0.25) is 0 Å². The van der Waals surface area contributed by atoms with Gasteiger partial charge in [0.1, 0.15) is 0 Å². The largest absolute Gasteiger partial charge is 0.292 e. The van der Waals surface area contributed by atoms with Gasteiger partial charge in [-0.25, -0.2) is 4.72 Å². The molecule has 0 amide bonds. The molecule has 1 heterocycles. The first-order valence-corrected chi connectivity index (χ1v) is 9.35. The van der Waals surface area contributed by atoms with Crippen molar-refractivity contribution in [1.82, 2.24) is 13.9 Å². The van der Waals surface area contributed by atoms with Gasteiger partial charge in [0.25, 0.3) is 10.2 Å². The predicted octanol–water partition coefficient (Wildman–Crippen LogP) is 1.15. The zero-order valence-electron chi connectivity index (χ0n) is 13.8. The van der Waals surface area contributed by atoms with E-state index in [0.29, 0.717) is 12.5 Å². The Morgan fingerprint density at radius 1 is 1.30 bits per heavy atom. The van der Waals surface area contributed by atoms with Crippen LogP contribution in [-0.4, -0.2) is 57.9 Å². The second-order valence-electron chi connectivity index (χ2n) is 6.05. The van der Waals surface area contributed by atoms with Gasteiger partial charge in [-0.3, -0.25) is 4.90 Å². The van der Waals surface area contributed by atoms with Gasteiger partial charge < -0.3 is 0 Å². The topological polar surface area (TPSA) is 52.7 Å². The molecule has 1 aliphatic rings. The van der Waals surface area contributed by atoms with E-state index in [1.165, 1.54) is 18.4 Å². The highest BCUT2D eigenvalue weighted by Gasteiger charge is 2.21. The molecule has 2 rings (SSSR count). The van der Waals surface area contributed by atoms with Crippen molar-refractivity contribution in [3.8, 4) is 11.8 Å². The average Bonchev–Trinajstić information content (AvgIpc) is 2.54. The molecule has 0 aliphatic carbocycles. The summed E-state index contributed by atoms with van der Waals surface area (Å²) in [5.74, 6) is 6.72. The summed E-state index contributed by atoms with van der Waals surface area (Å²) in [7, 11) is -0.258. The van der Waals surface area contributed by atoms with Crippen molar-refractivity contribution in [3.05, 3.63) is 35.9 Å². The van der Waals surface area contributed by atoms with E-state index in [-0.39, 0.29) is 0 Å². The number of rotatable bonds is 5. The minimum Gasteiger partial charge on any atom is -0.292 e. The fourth-order valence-electron chi connectivity index (χ4n) is 2.59. The molecule has 0 aromatic heterocycles. The van der Waals surface area contributed by atoms with Gasteiger partial charge in [-0.1, -0.05) is 30.0 Å². The molecule has 0 spiro atoms. The molecular weight excluding hydrogens is 310 g/mol. The molecule has 0 unspecified atom stereocenters. The smallest absolute Gasteiger partial charge is 0.278 e. The fraction of sp³-hybridized carbons (Fsp3) is 0.529. The molecule has 0 saturated carbocycles. The Kier molecular flexibility index (Phi) is 6.60. The molecular formula is C17H25N3O2S. The van der Waals surface area contributed by atoms with E-state index in [2.05, 4.69) is 21.5 Å². The van der Waals surface area contributed by atoms with Crippen LogP contribution in [0.4, 0.5) is 0 Å². The van der Waals surface area contributed by atoms with E-state index in [4.69, 9.17) is 0 Å². The number of hydrogen-bond acceptors (Lipinski definition) is 3. The van der Waals surface area contributed by atoms with Gasteiger partial charge in [-0.05, 0) is 37.4 Å². The molecule has 1 atom stereocenters. The monoisotopic (exact) mass is 335 g/mol. The lowest BCUT2D eigenvalue weighted by atomic mass is 9.98. The van der Waals surface area contributed by atoms with Crippen LogP contribution in [-0.2, 0) is 10.2 Å². The van der Waals surface area contributed by atoms with Crippen LogP contribution in [0.5, 0.6) is 0 Å². The lowest BCUT2D eigenvalue weighted by Gasteiger charge is -2.31. The predicted molar refractivity (Wildman–Crippen MR) is 93.1 cm³/mol. The Morgan fingerprint density at radius 2 is 2.04 bits per heavy atom. The fourth-order valence-corrected chi connectivity index (χ4v) is 3.29. The molecule has 0 radical (unpaired) electrons. The number of hydrogen-bond donors (Lipinski definition) is 1. The maximum Gasteiger partial charge on any atom is 0.278 e. The van der Waals surface area contributed by atoms with Crippen molar-refractivity contribution in [2.45, 2.75) is 12.8 Å². The van der Waals surface area contributed by atoms with Gasteiger partial charge in [0, 0.05) is 32.7 Å². The van der Waals surface area contributed by atoms with Crippen LogP contribution >= 0.6 is 0 Å². The second-order valence-corrected chi connectivity index (χ2v) is 8.02. The SMILES string of the molecule is CN(C)S(=O)(=O)NC[C@@H]1CCCN(CC#Cc2ccccc2)C1. The molecule has 1 aliphatic heterocycles. The molecule has 5 nitrogen and oxygen atoms in total. The first-order valence-electron chi connectivity index (χ1n) is 7.91. The molecule has 126 valence electrons. The molecule has 1 aromatic rings. The van der Waals surface area contributed by atoms with Crippen LogP contribution in [0, 0.1) is 17.8 Å². The standard InChI is InChI=1S/C17H25N3O2S/c1-19(2)23(21,22)18-14-17-11-7-13-20(15-17)12-6-10-16-8-4-3-5-9-16/h3-5,8-9,17-18H,7,11-15H2,1-2H3/t17-/m0/s1. The van der Waals surface area contributed by atoms with E-state index in [9.17, 15) is 8.42 Å². The molecule has 1 N–H and O–H groups in total. The Balaban J connectivity index is 1.81. The van der Waals surface area contributed by atoms with Crippen LogP contribution in [0.15, 0.2) is 30.3 Å². The van der Waals surface area contributed by atoms with Crippen molar-refractivity contribution in [2.75, 3.05) is 40.3 Å². The Hall–Kier alpha value is -1.39. The molecule has 6 heteroatoms. The summed E-state index contributed by atoms with van der Waals surface area (Å²) in [6.07, 6.45) is 2.14. The number of benzene rings is 1. The van der Waals surface area contributed by atoms with Gasteiger partial charge in [-0.2, -0.15) is 12.7 Å². The van der Waals surface area contributed by atoms with Gasteiger partial charge in [0.15, 0.2) is 0 Å². The van der Waals surface area contributed by atoms with Crippen LogP contribution in [0.2, 0.25) is 0 Å². The number of nitrogens with one attached hydrogen (secondary N) is 1. The zero-order chi connectivity index (χ0) is 16.7. The summed E-state index contributed by atoms with van der Waals surface area (Å²) >= 11 is 0. The molecule has 1 aromatic carbocycles. The number of nitrogens with zero attached hydrogens (tertiary/aromatic N) is 2. The van der Waals surface area contributed by atoms with E-state index < -0.39 is 10.2 Å². The first-order chi connectivity index (χ1) is 11.0. The second kappa shape index (κ2) is 8.46. The summed E-state index contributed by atoms with van der Waals surface area (Å²) < 4.78 is 27.4. The van der Waals surface area contributed by atoms with Gasteiger partial charge >= 0.3 is 0 Å². The maximum absolute atomic E-state index is 11.8. The van der Waals surface area contributed by atoms with E-state index in [1.807, 2.05) is 30.3 Å². The number of piperidine rings is 1. The van der Waals surface area contributed by atoms with Crippen LogP contribution in [0.3, 0.4) is 0 Å². The highest BCUT2D eigenvalue weighted by atomic mass is 32.2. The summed E-state index contributed by atoms with van der Waals surface area (Å²) in [5.41, 5.74) is 1.03. The molecule has 0 bridgehead atoms. The Morgan fingerprint density at radius 3 is 2.74 bits per heavy atom. The highest BCUT2D eigenvalue weighted by molar-refractivity contribution is 7.87.